The summed E-state index contributed by atoms with van der Waals surface area (Å²) in [7, 11) is 0. The van der Waals surface area contributed by atoms with E-state index in [-0.39, 0.29) is 36.3 Å². The van der Waals surface area contributed by atoms with E-state index in [1.165, 1.54) is 0 Å². The highest BCUT2D eigenvalue weighted by molar-refractivity contribution is 7.80. The second-order valence-electron chi connectivity index (χ2n) is 7.49. The molecular weight excluding hydrogens is 378 g/mol. The zero-order valence-corrected chi connectivity index (χ0v) is 16.5. The molecule has 2 amide bonds. The van der Waals surface area contributed by atoms with Gasteiger partial charge in [-0.1, -0.05) is 25.0 Å². The maximum atomic E-state index is 12.7. The highest BCUT2D eigenvalue weighted by Crippen LogP contribution is 2.31. The number of carbonyl (C=O) groups excluding carboxylic acids is 2. The maximum absolute atomic E-state index is 12.7. The van der Waals surface area contributed by atoms with Crippen molar-refractivity contribution in [2.45, 2.75) is 44.2 Å². The minimum Gasteiger partial charge on any atom is -0.486 e. The zero-order valence-electron chi connectivity index (χ0n) is 15.7. The number of ether oxygens (including phenoxy) is 2. The monoisotopic (exact) mass is 403 g/mol. The summed E-state index contributed by atoms with van der Waals surface area (Å²) >= 11 is 5.35. The molecule has 2 fully saturated rings. The van der Waals surface area contributed by atoms with E-state index in [0.29, 0.717) is 30.6 Å². The van der Waals surface area contributed by atoms with Gasteiger partial charge < -0.3 is 20.1 Å². The normalized spacial score (nSPS) is 26.3. The number of fused-ring (bicyclic) bond motifs is 2. The van der Waals surface area contributed by atoms with Crippen molar-refractivity contribution < 1.29 is 19.1 Å². The van der Waals surface area contributed by atoms with Gasteiger partial charge in [0.15, 0.2) is 16.6 Å². The Kier molecular flexibility index (Phi) is 5.66. The number of para-hydroxylation sites is 2. The zero-order chi connectivity index (χ0) is 19.5. The number of hydrogen-bond donors (Lipinski definition) is 2. The summed E-state index contributed by atoms with van der Waals surface area (Å²) in [5.74, 6) is 1.31. The minimum atomic E-state index is -0.235. The average Bonchev–Trinajstić information content (AvgIpc) is 2.72. The van der Waals surface area contributed by atoms with Crippen LogP contribution in [0.5, 0.6) is 11.5 Å². The van der Waals surface area contributed by atoms with Crippen LogP contribution in [0.4, 0.5) is 0 Å². The van der Waals surface area contributed by atoms with E-state index in [1.807, 2.05) is 24.3 Å². The van der Waals surface area contributed by atoms with Crippen molar-refractivity contribution in [3.05, 3.63) is 24.3 Å². The van der Waals surface area contributed by atoms with Gasteiger partial charge in [0, 0.05) is 19.0 Å². The van der Waals surface area contributed by atoms with Gasteiger partial charge in [0.2, 0.25) is 11.8 Å². The second kappa shape index (κ2) is 8.34. The first kappa shape index (κ1) is 19.0. The first-order chi connectivity index (χ1) is 13.6. The summed E-state index contributed by atoms with van der Waals surface area (Å²) in [5, 5.41) is 6.59. The Hall–Kier alpha value is -2.35. The van der Waals surface area contributed by atoms with Crippen LogP contribution in [0.15, 0.2) is 24.3 Å². The molecule has 0 bridgehead atoms. The molecule has 1 aromatic rings. The van der Waals surface area contributed by atoms with Crippen LogP contribution >= 0.6 is 12.2 Å². The predicted molar refractivity (Wildman–Crippen MR) is 107 cm³/mol. The van der Waals surface area contributed by atoms with E-state index >= 15 is 0 Å². The van der Waals surface area contributed by atoms with Crippen LogP contribution in [0.3, 0.4) is 0 Å². The summed E-state index contributed by atoms with van der Waals surface area (Å²) in [4.78, 5) is 26.5. The number of hydrogen-bond acceptors (Lipinski definition) is 5. The first-order valence-electron chi connectivity index (χ1n) is 9.89. The highest BCUT2D eigenvalue weighted by atomic mass is 32.1. The number of benzene rings is 1. The first-order valence-corrected chi connectivity index (χ1v) is 10.3. The Morgan fingerprint density at radius 3 is 2.89 bits per heavy atom. The molecule has 3 unspecified atom stereocenters. The molecule has 1 aliphatic carbocycles. The molecule has 2 N–H and O–H groups in total. The van der Waals surface area contributed by atoms with Crippen LogP contribution in [0.2, 0.25) is 0 Å². The fourth-order valence-electron chi connectivity index (χ4n) is 4.04. The summed E-state index contributed by atoms with van der Waals surface area (Å²) in [5.41, 5.74) is 0. The quantitative estimate of drug-likeness (QED) is 0.727. The van der Waals surface area contributed by atoms with Crippen molar-refractivity contribution in [1.82, 2.24) is 15.5 Å². The van der Waals surface area contributed by atoms with Gasteiger partial charge in [-0.2, -0.15) is 0 Å². The summed E-state index contributed by atoms with van der Waals surface area (Å²) < 4.78 is 11.5. The maximum Gasteiger partial charge on any atom is 0.233 e. The Bertz CT molecular complexity index is 772. The van der Waals surface area contributed by atoms with E-state index in [1.54, 1.807) is 4.90 Å². The molecule has 2 aliphatic heterocycles. The fraction of sp³-hybridized carbons (Fsp3) is 0.550. The molecule has 0 spiro atoms. The lowest BCUT2D eigenvalue weighted by molar-refractivity contribution is -0.135. The van der Waals surface area contributed by atoms with Crippen molar-refractivity contribution >= 4 is 29.1 Å². The van der Waals surface area contributed by atoms with E-state index in [0.717, 1.165) is 31.4 Å². The van der Waals surface area contributed by atoms with Crippen LogP contribution in [0.1, 0.15) is 32.1 Å². The number of thiocarbonyl (C=S) groups is 1. The van der Waals surface area contributed by atoms with Gasteiger partial charge in [-0.05, 0) is 37.2 Å². The standard InChI is InChI=1S/C20H25N3O4S/c24-18(21-11-13-12-26-16-7-3-4-8-17(16)27-13)9-10-23-19(25)14-5-1-2-6-15(14)22-20(23)28/h3-4,7-8,13-15H,1-2,5-6,9-12H2,(H,21,24)(H,22,28). The van der Waals surface area contributed by atoms with Crippen LogP contribution in [0.25, 0.3) is 0 Å². The molecule has 8 heteroatoms. The molecule has 0 aromatic heterocycles. The van der Waals surface area contributed by atoms with Gasteiger partial charge in [-0.15, -0.1) is 0 Å². The third-order valence-corrected chi connectivity index (χ3v) is 5.90. The van der Waals surface area contributed by atoms with Crippen LogP contribution in [0, 0.1) is 5.92 Å². The molecular formula is C20H25N3O4S. The van der Waals surface area contributed by atoms with Gasteiger partial charge in [0.05, 0.1) is 12.5 Å². The van der Waals surface area contributed by atoms with Crippen LogP contribution in [-0.2, 0) is 9.59 Å². The number of carbonyl (C=O) groups is 2. The molecule has 7 nitrogen and oxygen atoms in total. The van der Waals surface area contributed by atoms with Gasteiger partial charge in [0.25, 0.3) is 0 Å². The SMILES string of the molecule is O=C(CCN1C(=O)C2CCCCC2NC1=S)NCC1COc2ccccc2O1. The van der Waals surface area contributed by atoms with Crippen molar-refractivity contribution in [2.75, 3.05) is 19.7 Å². The van der Waals surface area contributed by atoms with Gasteiger partial charge in [-0.25, -0.2) is 0 Å². The molecule has 1 saturated heterocycles. The van der Waals surface area contributed by atoms with Gasteiger partial charge in [0.1, 0.15) is 12.7 Å². The Balaban J connectivity index is 1.23. The number of rotatable bonds is 5. The molecule has 0 radical (unpaired) electrons. The molecule has 28 heavy (non-hydrogen) atoms. The summed E-state index contributed by atoms with van der Waals surface area (Å²) in [6.07, 6.45) is 4.04. The van der Waals surface area contributed by atoms with Crippen LogP contribution < -0.4 is 20.1 Å². The minimum absolute atomic E-state index is 0.0173. The summed E-state index contributed by atoms with van der Waals surface area (Å²) in [6.45, 7) is 1.04. The lowest BCUT2D eigenvalue weighted by Crippen LogP contribution is -2.61. The molecule has 1 saturated carbocycles. The van der Waals surface area contributed by atoms with Crippen molar-refractivity contribution in [3.63, 3.8) is 0 Å². The second-order valence-corrected chi connectivity index (χ2v) is 7.88. The number of nitrogens with zero attached hydrogens (tertiary/aromatic N) is 1. The van der Waals surface area contributed by atoms with Crippen molar-refractivity contribution in [2.24, 2.45) is 5.92 Å². The molecule has 3 aliphatic rings. The Labute approximate surface area is 169 Å². The van der Waals surface area contributed by atoms with Crippen LogP contribution in [-0.4, -0.2) is 53.7 Å². The molecule has 1 aromatic carbocycles. The molecule has 3 atom stereocenters. The van der Waals surface area contributed by atoms with E-state index in [4.69, 9.17) is 21.7 Å². The average molecular weight is 404 g/mol. The molecule has 2 heterocycles. The molecule has 4 rings (SSSR count). The highest BCUT2D eigenvalue weighted by Gasteiger charge is 2.40. The lowest BCUT2D eigenvalue weighted by atomic mass is 9.82. The van der Waals surface area contributed by atoms with Crippen molar-refractivity contribution in [1.29, 1.82) is 0 Å². The predicted octanol–water partition coefficient (Wildman–Crippen LogP) is 1.61. The fourth-order valence-corrected chi connectivity index (χ4v) is 4.37. The smallest absolute Gasteiger partial charge is 0.233 e. The number of amides is 2. The Morgan fingerprint density at radius 2 is 2.04 bits per heavy atom. The summed E-state index contributed by atoms with van der Waals surface area (Å²) in [6, 6.07) is 7.63. The third kappa shape index (κ3) is 4.06. The lowest BCUT2D eigenvalue weighted by Gasteiger charge is -2.41. The van der Waals surface area contributed by atoms with E-state index in [2.05, 4.69) is 10.6 Å². The Morgan fingerprint density at radius 1 is 1.25 bits per heavy atom. The van der Waals surface area contributed by atoms with Gasteiger partial charge >= 0.3 is 0 Å². The molecule has 150 valence electrons. The largest absolute Gasteiger partial charge is 0.486 e. The van der Waals surface area contributed by atoms with Gasteiger partial charge in [-0.3, -0.25) is 14.5 Å². The topological polar surface area (TPSA) is 79.9 Å². The van der Waals surface area contributed by atoms with Crippen molar-refractivity contribution in [3.8, 4) is 11.5 Å². The van der Waals surface area contributed by atoms with E-state index < -0.39 is 0 Å². The van der Waals surface area contributed by atoms with E-state index in [9.17, 15) is 9.59 Å². The number of nitrogens with one attached hydrogen (secondary N) is 2. The third-order valence-electron chi connectivity index (χ3n) is 5.56.